The van der Waals surface area contributed by atoms with Crippen LogP contribution in [-0.4, -0.2) is 58.3 Å². The van der Waals surface area contributed by atoms with E-state index in [4.69, 9.17) is 0 Å². The Balaban J connectivity index is 1.71. The van der Waals surface area contributed by atoms with Gasteiger partial charge in [0.25, 0.3) is 11.5 Å². The van der Waals surface area contributed by atoms with E-state index in [1.807, 2.05) is 37.3 Å². The molecule has 8 heteroatoms. The van der Waals surface area contributed by atoms with E-state index < -0.39 is 5.91 Å². The third-order valence-electron chi connectivity index (χ3n) is 6.15. The number of pyridine rings is 1. The number of carbonyl (C=O) groups excluding carboxylic acids is 3. The zero-order valence-electron chi connectivity index (χ0n) is 18.3. The minimum absolute atomic E-state index is 0.0492. The second-order valence-electron chi connectivity index (χ2n) is 8.24. The van der Waals surface area contributed by atoms with Crippen LogP contribution in [0.5, 0.6) is 0 Å². The highest BCUT2D eigenvalue weighted by Crippen LogP contribution is 2.23. The third-order valence-corrected chi connectivity index (χ3v) is 6.15. The number of fused-ring (bicyclic) bond motifs is 1. The maximum absolute atomic E-state index is 13.4. The van der Waals surface area contributed by atoms with Crippen molar-refractivity contribution in [2.75, 3.05) is 26.2 Å². The van der Waals surface area contributed by atoms with Crippen molar-refractivity contribution < 1.29 is 14.4 Å². The van der Waals surface area contributed by atoms with Crippen molar-refractivity contribution in [2.24, 2.45) is 0 Å². The summed E-state index contributed by atoms with van der Waals surface area (Å²) in [5.41, 5.74) is 2.46. The van der Waals surface area contributed by atoms with E-state index in [0.29, 0.717) is 57.5 Å². The molecule has 32 heavy (non-hydrogen) atoms. The number of hydrogen-bond donors (Lipinski definition) is 1. The molecule has 0 spiro atoms. The highest BCUT2D eigenvalue weighted by Gasteiger charge is 2.31. The van der Waals surface area contributed by atoms with Crippen molar-refractivity contribution in [1.82, 2.24) is 19.7 Å². The van der Waals surface area contributed by atoms with Gasteiger partial charge in [-0.05, 0) is 29.5 Å². The lowest BCUT2D eigenvalue weighted by molar-refractivity contribution is -0.131. The number of rotatable bonds is 5. The van der Waals surface area contributed by atoms with Gasteiger partial charge < -0.3 is 19.7 Å². The zero-order chi connectivity index (χ0) is 22.7. The lowest BCUT2D eigenvalue weighted by atomic mass is 9.95. The van der Waals surface area contributed by atoms with Crippen LogP contribution in [0.2, 0.25) is 0 Å². The molecule has 1 N–H and O–H groups in total. The summed E-state index contributed by atoms with van der Waals surface area (Å²) < 4.78 is 1.59. The lowest BCUT2D eigenvalue weighted by Crippen LogP contribution is -2.51. The first-order valence-electron chi connectivity index (χ1n) is 11.1. The molecule has 3 amide bonds. The summed E-state index contributed by atoms with van der Waals surface area (Å²) in [6, 6.07) is 9.86. The van der Waals surface area contributed by atoms with Gasteiger partial charge in [0.05, 0.1) is 6.54 Å². The molecule has 1 aromatic carbocycles. The molecule has 1 saturated heterocycles. The molecule has 0 radical (unpaired) electrons. The van der Waals surface area contributed by atoms with Crippen LogP contribution in [0.4, 0.5) is 0 Å². The predicted octanol–water partition coefficient (Wildman–Crippen LogP) is 0.958. The second-order valence-corrected chi connectivity index (χ2v) is 8.24. The number of carbonyl (C=O) groups is 3. The first-order valence-corrected chi connectivity index (χ1v) is 11.1. The topological polar surface area (TPSA) is 91.7 Å². The molecule has 1 fully saturated rings. The number of aryl methyl sites for hydroxylation is 2. The summed E-state index contributed by atoms with van der Waals surface area (Å²) in [4.78, 5) is 54.1. The van der Waals surface area contributed by atoms with E-state index in [9.17, 15) is 19.2 Å². The summed E-state index contributed by atoms with van der Waals surface area (Å²) in [7, 11) is 0. The molecule has 3 heterocycles. The quantitative estimate of drug-likeness (QED) is 0.756. The van der Waals surface area contributed by atoms with E-state index in [0.717, 1.165) is 11.1 Å². The number of amides is 3. The van der Waals surface area contributed by atoms with Crippen LogP contribution in [0.15, 0.2) is 41.3 Å². The van der Waals surface area contributed by atoms with E-state index in [1.165, 1.54) is 4.90 Å². The number of benzene rings is 1. The normalized spacial score (nSPS) is 15.8. The van der Waals surface area contributed by atoms with Gasteiger partial charge >= 0.3 is 0 Å². The highest BCUT2D eigenvalue weighted by atomic mass is 16.2. The Kier molecular flexibility index (Phi) is 6.39. The second kappa shape index (κ2) is 9.38. The maximum Gasteiger partial charge on any atom is 0.263 e. The van der Waals surface area contributed by atoms with Gasteiger partial charge in [0.15, 0.2) is 0 Å². The average Bonchev–Trinajstić information content (AvgIpc) is 2.82. The fourth-order valence-electron chi connectivity index (χ4n) is 4.40. The monoisotopic (exact) mass is 436 g/mol. The molecule has 2 aliphatic rings. The molecular weight excluding hydrogens is 408 g/mol. The fraction of sp³-hybridized carbons (Fsp3) is 0.417. The first-order chi connectivity index (χ1) is 15.5. The summed E-state index contributed by atoms with van der Waals surface area (Å²) in [6.07, 6.45) is 3.32. The molecule has 0 aliphatic carbocycles. The largest absolute Gasteiger partial charge is 0.353 e. The van der Waals surface area contributed by atoms with Gasteiger partial charge in [0, 0.05) is 45.3 Å². The SMILES string of the molecule is CCC(=O)N1CCc2c(cn(CCc3ccccc3)c(=O)c2C(=O)N2CCNC(=O)C2)C1. The van der Waals surface area contributed by atoms with Crippen LogP contribution in [0, 0.1) is 0 Å². The van der Waals surface area contributed by atoms with Gasteiger partial charge in [-0.1, -0.05) is 37.3 Å². The van der Waals surface area contributed by atoms with Crippen molar-refractivity contribution in [3.63, 3.8) is 0 Å². The number of hydrogen-bond acceptors (Lipinski definition) is 4. The van der Waals surface area contributed by atoms with Crippen LogP contribution in [0.1, 0.15) is 40.4 Å². The molecule has 8 nitrogen and oxygen atoms in total. The van der Waals surface area contributed by atoms with Gasteiger partial charge in [-0.25, -0.2) is 0 Å². The predicted molar refractivity (Wildman–Crippen MR) is 119 cm³/mol. The lowest BCUT2D eigenvalue weighted by Gasteiger charge is -2.32. The molecule has 2 aromatic rings. The molecular formula is C24H28N4O4. The molecule has 0 unspecified atom stereocenters. The average molecular weight is 437 g/mol. The van der Waals surface area contributed by atoms with E-state index in [2.05, 4.69) is 5.32 Å². The first kappa shape index (κ1) is 21.8. The highest BCUT2D eigenvalue weighted by molar-refractivity contribution is 5.98. The van der Waals surface area contributed by atoms with Crippen molar-refractivity contribution in [3.05, 3.63) is 69.1 Å². The molecule has 2 aliphatic heterocycles. The van der Waals surface area contributed by atoms with E-state index in [1.54, 1.807) is 15.7 Å². The Labute approximate surface area is 186 Å². The number of nitrogens with zero attached hydrogens (tertiary/aromatic N) is 3. The van der Waals surface area contributed by atoms with Gasteiger partial charge in [0.1, 0.15) is 5.56 Å². The Bertz CT molecular complexity index is 1090. The summed E-state index contributed by atoms with van der Waals surface area (Å²) in [6.45, 7) is 3.82. The molecule has 0 saturated carbocycles. The number of piperazine rings is 1. The Morgan fingerprint density at radius 2 is 1.81 bits per heavy atom. The van der Waals surface area contributed by atoms with Gasteiger partial charge in [-0.3, -0.25) is 19.2 Å². The van der Waals surface area contributed by atoms with Crippen LogP contribution < -0.4 is 10.9 Å². The molecule has 4 rings (SSSR count). The minimum atomic E-state index is -0.398. The summed E-state index contributed by atoms with van der Waals surface area (Å²) in [5.74, 6) is -0.567. The van der Waals surface area contributed by atoms with Crippen LogP contribution in [0.25, 0.3) is 0 Å². The van der Waals surface area contributed by atoms with Crippen molar-refractivity contribution >= 4 is 17.7 Å². The van der Waals surface area contributed by atoms with Crippen molar-refractivity contribution in [3.8, 4) is 0 Å². The molecule has 0 bridgehead atoms. The third kappa shape index (κ3) is 4.44. The van der Waals surface area contributed by atoms with Crippen molar-refractivity contribution in [1.29, 1.82) is 0 Å². The minimum Gasteiger partial charge on any atom is -0.353 e. The smallest absolute Gasteiger partial charge is 0.263 e. The van der Waals surface area contributed by atoms with Crippen molar-refractivity contribution in [2.45, 2.75) is 39.3 Å². The Hall–Kier alpha value is -3.42. The van der Waals surface area contributed by atoms with Gasteiger partial charge in [-0.15, -0.1) is 0 Å². The number of nitrogens with one attached hydrogen (secondary N) is 1. The standard InChI is InChI=1S/C24H28N4O4/c1-2-21(30)26-12-9-19-18(14-26)15-27(11-8-17-6-4-3-5-7-17)23(31)22(19)24(32)28-13-10-25-20(29)16-28/h3-7,15H,2,8-14,16H2,1H3,(H,25,29). The van der Waals surface area contributed by atoms with E-state index in [-0.39, 0.29) is 29.5 Å². The van der Waals surface area contributed by atoms with Crippen LogP contribution >= 0.6 is 0 Å². The summed E-state index contributed by atoms with van der Waals surface area (Å²) in [5, 5.41) is 2.71. The van der Waals surface area contributed by atoms with Crippen LogP contribution in [0.3, 0.4) is 0 Å². The Morgan fingerprint density at radius 1 is 1.03 bits per heavy atom. The molecule has 168 valence electrons. The zero-order valence-corrected chi connectivity index (χ0v) is 18.3. The van der Waals surface area contributed by atoms with Gasteiger partial charge in [0.2, 0.25) is 11.8 Å². The van der Waals surface area contributed by atoms with Gasteiger partial charge in [-0.2, -0.15) is 0 Å². The van der Waals surface area contributed by atoms with Crippen LogP contribution in [-0.2, 0) is 35.5 Å². The maximum atomic E-state index is 13.4. The Morgan fingerprint density at radius 3 is 2.53 bits per heavy atom. The van der Waals surface area contributed by atoms with E-state index >= 15 is 0 Å². The fourth-order valence-corrected chi connectivity index (χ4v) is 4.40. The summed E-state index contributed by atoms with van der Waals surface area (Å²) >= 11 is 0. The number of aromatic nitrogens is 1. The molecule has 0 atom stereocenters. The molecule has 1 aromatic heterocycles.